The van der Waals surface area contributed by atoms with Crippen LogP contribution >= 0.6 is 0 Å². The number of nitrogens with zero attached hydrogens (tertiary/aromatic N) is 1. The van der Waals surface area contributed by atoms with E-state index in [9.17, 15) is 4.79 Å². The van der Waals surface area contributed by atoms with Crippen molar-refractivity contribution in [2.45, 2.75) is 38.1 Å². The summed E-state index contributed by atoms with van der Waals surface area (Å²) in [5.41, 5.74) is 7.27. The first-order chi connectivity index (χ1) is 10.2. The maximum absolute atomic E-state index is 12.7. The fourth-order valence-electron chi connectivity index (χ4n) is 3.07. The van der Waals surface area contributed by atoms with Crippen molar-refractivity contribution in [3.05, 3.63) is 48.6 Å². The lowest BCUT2D eigenvalue weighted by atomic mass is 9.85. The zero-order chi connectivity index (χ0) is 15.1. The minimum absolute atomic E-state index is 0.101. The van der Waals surface area contributed by atoms with E-state index in [2.05, 4.69) is 18.7 Å². The fourth-order valence-corrected chi connectivity index (χ4v) is 3.07. The molecule has 1 aromatic carbocycles. The molecule has 0 spiro atoms. The van der Waals surface area contributed by atoms with Crippen LogP contribution in [0.15, 0.2) is 43.0 Å². The third-order valence-electron chi connectivity index (χ3n) is 4.24. The van der Waals surface area contributed by atoms with E-state index < -0.39 is 0 Å². The van der Waals surface area contributed by atoms with Gasteiger partial charge in [0.2, 0.25) is 5.91 Å². The van der Waals surface area contributed by atoms with Gasteiger partial charge >= 0.3 is 0 Å². The molecule has 2 rings (SSSR count). The fraction of sp³-hybridized carbons (Fsp3) is 0.500. The van der Waals surface area contributed by atoms with Crippen LogP contribution in [0.4, 0.5) is 0 Å². The van der Waals surface area contributed by atoms with Gasteiger partial charge in [0.25, 0.3) is 0 Å². The van der Waals surface area contributed by atoms with Gasteiger partial charge in [0.05, 0.1) is 0 Å². The number of rotatable bonds is 6. The van der Waals surface area contributed by atoms with Crippen molar-refractivity contribution in [3.8, 4) is 0 Å². The van der Waals surface area contributed by atoms with E-state index in [0.29, 0.717) is 6.54 Å². The second kappa shape index (κ2) is 7.99. The Balaban J connectivity index is 1.94. The minimum atomic E-state index is 0.101. The first-order valence-corrected chi connectivity index (χ1v) is 7.90. The van der Waals surface area contributed by atoms with Crippen molar-refractivity contribution in [3.63, 3.8) is 0 Å². The first-order valence-electron chi connectivity index (χ1n) is 7.90. The van der Waals surface area contributed by atoms with Crippen LogP contribution in [0, 0.1) is 5.92 Å². The molecule has 21 heavy (non-hydrogen) atoms. The third kappa shape index (κ3) is 4.71. The monoisotopic (exact) mass is 286 g/mol. The number of hydrogen-bond acceptors (Lipinski definition) is 2. The molecule has 1 fully saturated rings. The first kappa shape index (κ1) is 15.8. The zero-order valence-electron chi connectivity index (χ0n) is 12.7. The average molecular weight is 286 g/mol. The number of hydrogen-bond donors (Lipinski definition) is 1. The molecule has 0 saturated heterocycles. The zero-order valence-corrected chi connectivity index (χ0v) is 12.7. The SMILES string of the molecule is C=CCN(CCc1ccccc1)C(=O)C1CCCC(N)C1. The average Bonchev–Trinajstić information content (AvgIpc) is 2.52. The molecule has 114 valence electrons. The second-order valence-electron chi connectivity index (χ2n) is 5.93. The highest BCUT2D eigenvalue weighted by molar-refractivity contribution is 5.79. The predicted octanol–water partition coefficient (Wildman–Crippen LogP) is 2.76. The summed E-state index contributed by atoms with van der Waals surface area (Å²) in [6.07, 6.45) is 6.63. The van der Waals surface area contributed by atoms with Crippen molar-refractivity contribution >= 4 is 5.91 Å². The third-order valence-corrected chi connectivity index (χ3v) is 4.24. The summed E-state index contributed by atoms with van der Waals surface area (Å²) in [5.74, 6) is 0.352. The van der Waals surface area contributed by atoms with E-state index in [1.807, 2.05) is 29.2 Å². The Hall–Kier alpha value is -1.61. The molecule has 1 saturated carbocycles. The van der Waals surface area contributed by atoms with Gasteiger partial charge in [-0.15, -0.1) is 6.58 Å². The largest absolute Gasteiger partial charge is 0.338 e. The lowest BCUT2D eigenvalue weighted by Crippen LogP contribution is -2.41. The molecule has 0 bridgehead atoms. The number of nitrogens with two attached hydrogens (primary N) is 1. The van der Waals surface area contributed by atoms with E-state index in [1.54, 1.807) is 0 Å². The summed E-state index contributed by atoms with van der Waals surface area (Å²) in [4.78, 5) is 14.6. The number of carbonyl (C=O) groups excluding carboxylic acids is 1. The van der Waals surface area contributed by atoms with Gasteiger partial charge < -0.3 is 10.6 Å². The van der Waals surface area contributed by atoms with E-state index in [-0.39, 0.29) is 17.9 Å². The van der Waals surface area contributed by atoms with Gasteiger partial charge in [0.15, 0.2) is 0 Å². The topological polar surface area (TPSA) is 46.3 Å². The van der Waals surface area contributed by atoms with Crippen LogP contribution in [0.25, 0.3) is 0 Å². The van der Waals surface area contributed by atoms with Crippen LogP contribution in [0.5, 0.6) is 0 Å². The maximum atomic E-state index is 12.7. The molecule has 2 unspecified atom stereocenters. The van der Waals surface area contributed by atoms with E-state index >= 15 is 0 Å². The van der Waals surface area contributed by atoms with Gasteiger partial charge in [0, 0.05) is 25.0 Å². The van der Waals surface area contributed by atoms with E-state index in [4.69, 9.17) is 5.73 Å². The molecule has 1 aromatic rings. The lowest BCUT2D eigenvalue weighted by molar-refractivity contribution is -0.136. The van der Waals surface area contributed by atoms with Crippen molar-refractivity contribution in [2.24, 2.45) is 11.7 Å². The normalized spacial score (nSPS) is 21.8. The molecule has 3 nitrogen and oxygen atoms in total. The van der Waals surface area contributed by atoms with Crippen molar-refractivity contribution in [2.75, 3.05) is 13.1 Å². The summed E-state index contributed by atoms with van der Waals surface area (Å²) in [7, 11) is 0. The maximum Gasteiger partial charge on any atom is 0.226 e. The summed E-state index contributed by atoms with van der Waals surface area (Å²) in [5, 5.41) is 0. The van der Waals surface area contributed by atoms with Gasteiger partial charge in [-0.05, 0) is 31.2 Å². The standard InChI is InChI=1S/C18H26N2O/c1-2-12-20(13-11-15-7-4-3-5-8-15)18(21)16-9-6-10-17(19)14-16/h2-5,7-8,16-17H,1,6,9-14,19H2. The summed E-state index contributed by atoms with van der Waals surface area (Å²) in [6.45, 7) is 5.15. The number of carbonyl (C=O) groups is 1. The summed E-state index contributed by atoms with van der Waals surface area (Å²) in [6, 6.07) is 10.5. The molecular formula is C18H26N2O. The molecule has 1 aliphatic carbocycles. The Morgan fingerprint density at radius 3 is 2.76 bits per heavy atom. The molecule has 3 heteroatoms. The van der Waals surface area contributed by atoms with Crippen LogP contribution in [0.2, 0.25) is 0 Å². The van der Waals surface area contributed by atoms with Crippen molar-refractivity contribution in [1.82, 2.24) is 4.90 Å². The predicted molar refractivity (Wildman–Crippen MR) is 86.9 cm³/mol. The molecule has 0 aromatic heterocycles. The quantitative estimate of drug-likeness (QED) is 0.817. The molecule has 2 N–H and O–H groups in total. The molecule has 0 radical (unpaired) electrons. The Morgan fingerprint density at radius 2 is 2.10 bits per heavy atom. The highest BCUT2D eigenvalue weighted by Gasteiger charge is 2.28. The Kier molecular flexibility index (Phi) is 6.00. The van der Waals surface area contributed by atoms with Gasteiger partial charge in [-0.25, -0.2) is 0 Å². The molecule has 1 amide bonds. The number of benzene rings is 1. The van der Waals surface area contributed by atoms with Gasteiger partial charge in [0.1, 0.15) is 0 Å². The highest BCUT2D eigenvalue weighted by Crippen LogP contribution is 2.25. The molecule has 0 heterocycles. The van der Waals surface area contributed by atoms with E-state index in [1.165, 1.54) is 5.56 Å². The van der Waals surface area contributed by atoms with Crippen LogP contribution < -0.4 is 5.73 Å². The van der Waals surface area contributed by atoms with E-state index in [0.717, 1.165) is 38.6 Å². The lowest BCUT2D eigenvalue weighted by Gasteiger charge is -2.31. The minimum Gasteiger partial charge on any atom is -0.338 e. The Bertz CT molecular complexity index is 458. The summed E-state index contributed by atoms with van der Waals surface area (Å²) < 4.78 is 0. The van der Waals surface area contributed by atoms with Gasteiger partial charge in [-0.3, -0.25) is 4.79 Å². The Morgan fingerprint density at radius 1 is 1.33 bits per heavy atom. The smallest absolute Gasteiger partial charge is 0.226 e. The molecule has 2 atom stereocenters. The van der Waals surface area contributed by atoms with Crippen LogP contribution in [0.3, 0.4) is 0 Å². The molecule has 1 aliphatic rings. The molecular weight excluding hydrogens is 260 g/mol. The van der Waals surface area contributed by atoms with Crippen molar-refractivity contribution < 1.29 is 4.79 Å². The van der Waals surface area contributed by atoms with Gasteiger partial charge in [-0.2, -0.15) is 0 Å². The second-order valence-corrected chi connectivity index (χ2v) is 5.93. The van der Waals surface area contributed by atoms with Crippen LogP contribution in [0.1, 0.15) is 31.2 Å². The van der Waals surface area contributed by atoms with Gasteiger partial charge in [-0.1, -0.05) is 42.8 Å². The number of amides is 1. The summed E-state index contributed by atoms with van der Waals surface area (Å²) >= 11 is 0. The Labute approximate surface area is 127 Å². The van der Waals surface area contributed by atoms with Crippen LogP contribution in [-0.4, -0.2) is 29.9 Å². The van der Waals surface area contributed by atoms with Crippen molar-refractivity contribution in [1.29, 1.82) is 0 Å². The highest BCUT2D eigenvalue weighted by atomic mass is 16.2. The molecule has 0 aliphatic heterocycles. The van der Waals surface area contributed by atoms with Crippen LogP contribution in [-0.2, 0) is 11.2 Å².